The average molecular weight is 419 g/mol. The second-order valence-corrected chi connectivity index (χ2v) is 6.75. The monoisotopic (exact) mass is 419 g/mol. The molecule has 158 valence electrons. The zero-order chi connectivity index (χ0) is 22.4. The first-order chi connectivity index (χ1) is 14.9. The van der Waals surface area contributed by atoms with Gasteiger partial charge in [0, 0.05) is 18.6 Å². The molecule has 0 aliphatic heterocycles. The van der Waals surface area contributed by atoms with E-state index in [2.05, 4.69) is 5.32 Å². The summed E-state index contributed by atoms with van der Waals surface area (Å²) in [7, 11) is 1.61. The lowest BCUT2D eigenvalue weighted by atomic mass is 10.1. The number of rotatable bonds is 7. The first kappa shape index (κ1) is 21.6. The van der Waals surface area contributed by atoms with E-state index < -0.39 is 18.4 Å². The van der Waals surface area contributed by atoms with Gasteiger partial charge in [-0.3, -0.25) is 9.59 Å². The van der Waals surface area contributed by atoms with E-state index in [4.69, 9.17) is 9.47 Å². The van der Waals surface area contributed by atoms with Crippen molar-refractivity contribution in [2.75, 3.05) is 19.0 Å². The molecule has 0 heterocycles. The van der Waals surface area contributed by atoms with Gasteiger partial charge in [-0.2, -0.15) is 0 Å². The highest BCUT2D eigenvalue weighted by Crippen LogP contribution is 2.25. The predicted octanol–water partition coefficient (Wildman–Crippen LogP) is 3.95. The van der Waals surface area contributed by atoms with Crippen LogP contribution in [0.4, 0.5) is 5.69 Å². The molecule has 7 nitrogen and oxygen atoms in total. The number of hydrogen-bond acceptors (Lipinski definition) is 6. The fourth-order valence-electron chi connectivity index (χ4n) is 2.90. The van der Waals surface area contributed by atoms with E-state index in [1.807, 2.05) is 36.4 Å². The van der Waals surface area contributed by atoms with Crippen LogP contribution in [-0.4, -0.2) is 36.5 Å². The van der Waals surface area contributed by atoms with Crippen LogP contribution in [0.3, 0.4) is 0 Å². The smallest absolute Gasteiger partial charge is 0.331 e. The summed E-state index contributed by atoms with van der Waals surface area (Å²) in [5.74, 6) is -0.913. The molecule has 7 heteroatoms. The number of carbonyl (C=O) groups is 3. The maximum absolute atomic E-state index is 12.3. The predicted molar refractivity (Wildman–Crippen MR) is 117 cm³/mol. The van der Waals surface area contributed by atoms with Gasteiger partial charge < -0.3 is 19.9 Å². The van der Waals surface area contributed by atoms with Gasteiger partial charge in [0.15, 0.2) is 12.4 Å². The van der Waals surface area contributed by atoms with E-state index in [-0.39, 0.29) is 22.9 Å². The van der Waals surface area contributed by atoms with Crippen molar-refractivity contribution in [3.63, 3.8) is 0 Å². The van der Waals surface area contributed by atoms with E-state index in [1.165, 1.54) is 31.2 Å². The first-order valence-electron chi connectivity index (χ1n) is 9.42. The number of methoxy groups -OCH3 is 1. The van der Waals surface area contributed by atoms with Gasteiger partial charge in [0.1, 0.15) is 11.5 Å². The Labute approximate surface area is 178 Å². The lowest BCUT2D eigenvalue weighted by Gasteiger charge is -2.08. The Morgan fingerprint density at radius 2 is 1.74 bits per heavy atom. The molecule has 0 bridgehead atoms. The van der Waals surface area contributed by atoms with Crippen molar-refractivity contribution >= 4 is 40.2 Å². The number of amides is 1. The number of phenolic OH excluding ortho intramolecular Hbond substituents is 1. The Morgan fingerprint density at radius 1 is 1.00 bits per heavy atom. The van der Waals surface area contributed by atoms with Crippen LogP contribution in [0, 0.1) is 0 Å². The molecule has 0 unspecified atom stereocenters. The number of Topliss-reactive ketones (excluding diaryl/α,β-unsaturated/α-hetero) is 1. The number of ether oxygens (including phenoxy) is 2. The van der Waals surface area contributed by atoms with Gasteiger partial charge >= 0.3 is 5.97 Å². The normalized spacial score (nSPS) is 10.8. The van der Waals surface area contributed by atoms with E-state index in [0.717, 1.165) is 22.1 Å². The number of fused-ring (bicyclic) bond motifs is 1. The van der Waals surface area contributed by atoms with E-state index in [0.29, 0.717) is 0 Å². The number of nitrogens with one attached hydrogen (secondary N) is 1. The molecule has 0 saturated heterocycles. The number of carbonyl (C=O) groups excluding carboxylic acids is 3. The van der Waals surface area contributed by atoms with Crippen molar-refractivity contribution in [1.29, 1.82) is 0 Å². The summed E-state index contributed by atoms with van der Waals surface area (Å²) < 4.78 is 10.2. The van der Waals surface area contributed by atoms with Crippen LogP contribution >= 0.6 is 0 Å². The molecule has 2 N–H and O–H groups in total. The topological polar surface area (TPSA) is 102 Å². The Kier molecular flexibility index (Phi) is 6.67. The molecular formula is C24H21NO6. The molecule has 0 saturated carbocycles. The van der Waals surface area contributed by atoms with Gasteiger partial charge in [0.25, 0.3) is 0 Å². The van der Waals surface area contributed by atoms with Gasteiger partial charge in [-0.15, -0.1) is 0 Å². The number of benzene rings is 3. The second kappa shape index (κ2) is 9.58. The van der Waals surface area contributed by atoms with E-state index in [9.17, 15) is 19.5 Å². The van der Waals surface area contributed by atoms with Crippen molar-refractivity contribution < 1.29 is 29.0 Å². The Bertz CT molecular complexity index is 1180. The number of esters is 1. The van der Waals surface area contributed by atoms with Crippen LogP contribution < -0.4 is 10.1 Å². The molecular weight excluding hydrogens is 398 g/mol. The number of phenols is 1. The maximum atomic E-state index is 12.3. The van der Waals surface area contributed by atoms with Gasteiger partial charge in [-0.25, -0.2) is 4.79 Å². The minimum atomic E-state index is -0.663. The lowest BCUT2D eigenvalue weighted by Crippen LogP contribution is -2.13. The molecule has 0 atom stereocenters. The summed E-state index contributed by atoms with van der Waals surface area (Å²) >= 11 is 0. The quantitative estimate of drug-likeness (QED) is 0.260. The SMILES string of the molecule is COc1ccc2cc(/C=C/C(=O)OCC(=O)c3ccc(O)c(NC(C)=O)c3)ccc2c1. The first-order valence-corrected chi connectivity index (χ1v) is 9.42. The highest BCUT2D eigenvalue weighted by Gasteiger charge is 2.12. The fourth-order valence-corrected chi connectivity index (χ4v) is 2.90. The van der Waals surface area contributed by atoms with Crippen LogP contribution in [0.15, 0.2) is 60.7 Å². The Balaban J connectivity index is 1.60. The number of ketones is 1. The molecule has 3 rings (SSSR count). The Hall–Kier alpha value is -4.13. The third-order valence-corrected chi connectivity index (χ3v) is 4.46. The largest absolute Gasteiger partial charge is 0.506 e. The standard InChI is InChI=1S/C24H21NO6/c1-15(26)25-21-13-19(7-9-22(21)27)23(28)14-31-24(29)10-4-16-3-5-18-12-20(30-2)8-6-17(18)11-16/h3-13,27H,14H2,1-2H3,(H,25,26)/b10-4+. The molecule has 0 aromatic heterocycles. The van der Waals surface area contributed by atoms with Gasteiger partial charge in [-0.1, -0.05) is 18.2 Å². The van der Waals surface area contributed by atoms with Crippen LogP contribution in [0.2, 0.25) is 0 Å². The summed E-state index contributed by atoms with van der Waals surface area (Å²) in [6.07, 6.45) is 2.85. The molecule has 3 aromatic carbocycles. The summed E-state index contributed by atoms with van der Waals surface area (Å²) in [6.45, 7) is 0.819. The number of hydrogen-bond donors (Lipinski definition) is 2. The van der Waals surface area contributed by atoms with Gasteiger partial charge in [0.2, 0.25) is 5.91 Å². The number of anilines is 1. The minimum absolute atomic E-state index is 0.110. The highest BCUT2D eigenvalue weighted by molar-refractivity contribution is 6.01. The van der Waals surface area contributed by atoms with Crippen LogP contribution in [0.1, 0.15) is 22.8 Å². The molecule has 0 radical (unpaired) electrons. The molecule has 0 spiro atoms. The third kappa shape index (κ3) is 5.70. The molecule has 31 heavy (non-hydrogen) atoms. The van der Waals surface area contributed by atoms with Crippen molar-refractivity contribution in [1.82, 2.24) is 0 Å². The summed E-state index contributed by atoms with van der Waals surface area (Å²) in [5.41, 5.74) is 1.11. The van der Waals surface area contributed by atoms with Gasteiger partial charge in [0.05, 0.1) is 12.8 Å². The van der Waals surface area contributed by atoms with Gasteiger partial charge in [-0.05, 0) is 58.8 Å². The number of aromatic hydroxyl groups is 1. The van der Waals surface area contributed by atoms with E-state index >= 15 is 0 Å². The Morgan fingerprint density at radius 3 is 2.48 bits per heavy atom. The third-order valence-electron chi connectivity index (χ3n) is 4.46. The molecule has 1 amide bonds. The second-order valence-electron chi connectivity index (χ2n) is 6.75. The van der Waals surface area contributed by atoms with Crippen molar-refractivity contribution in [3.8, 4) is 11.5 Å². The zero-order valence-electron chi connectivity index (χ0n) is 17.0. The lowest BCUT2D eigenvalue weighted by molar-refractivity contribution is -0.136. The van der Waals surface area contributed by atoms with Crippen LogP contribution in [0.25, 0.3) is 16.8 Å². The van der Waals surface area contributed by atoms with Crippen LogP contribution in [-0.2, 0) is 14.3 Å². The maximum Gasteiger partial charge on any atom is 0.331 e. The van der Waals surface area contributed by atoms with Crippen molar-refractivity contribution in [2.24, 2.45) is 0 Å². The molecule has 3 aromatic rings. The van der Waals surface area contributed by atoms with Crippen LogP contribution in [0.5, 0.6) is 11.5 Å². The minimum Gasteiger partial charge on any atom is -0.506 e. The molecule has 0 fully saturated rings. The molecule has 0 aliphatic carbocycles. The fraction of sp³-hybridized carbons (Fsp3) is 0.125. The summed E-state index contributed by atoms with van der Waals surface area (Å²) in [5, 5.41) is 14.2. The average Bonchev–Trinajstić information content (AvgIpc) is 2.76. The van der Waals surface area contributed by atoms with E-state index in [1.54, 1.807) is 13.2 Å². The summed E-state index contributed by atoms with van der Waals surface area (Å²) in [4.78, 5) is 35.4. The highest BCUT2D eigenvalue weighted by atomic mass is 16.5. The summed E-state index contributed by atoms with van der Waals surface area (Å²) in [6, 6.07) is 15.4. The van der Waals surface area contributed by atoms with Crippen molar-refractivity contribution in [3.05, 3.63) is 71.8 Å². The van der Waals surface area contributed by atoms with Crippen molar-refractivity contribution in [2.45, 2.75) is 6.92 Å². The zero-order valence-corrected chi connectivity index (χ0v) is 17.0. The molecule has 0 aliphatic rings.